The zero-order valence-electron chi connectivity index (χ0n) is 7.98. The molecule has 1 heterocycles. The highest BCUT2D eigenvalue weighted by molar-refractivity contribution is 5.34. The maximum absolute atomic E-state index is 9.63. The summed E-state index contributed by atoms with van der Waals surface area (Å²) >= 11 is 0. The fraction of sp³-hybridized carbons (Fsp3) is 0.455. The highest BCUT2D eigenvalue weighted by Crippen LogP contribution is 2.29. The van der Waals surface area contributed by atoms with Gasteiger partial charge in [-0.1, -0.05) is 18.2 Å². The first-order valence-corrected chi connectivity index (χ1v) is 4.96. The van der Waals surface area contributed by atoms with E-state index in [1.165, 1.54) is 0 Å². The summed E-state index contributed by atoms with van der Waals surface area (Å²) in [5.74, 6) is 0.335. The monoisotopic (exact) mass is 193 g/mol. The molecule has 1 aliphatic heterocycles. The zero-order chi connectivity index (χ0) is 9.97. The van der Waals surface area contributed by atoms with E-state index in [0.29, 0.717) is 12.3 Å². The van der Waals surface area contributed by atoms with Crippen molar-refractivity contribution >= 4 is 0 Å². The third-order valence-corrected chi connectivity index (χ3v) is 2.70. The molecule has 3 N–H and O–H groups in total. The summed E-state index contributed by atoms with van der Waals surface area (Å²) in [6.45, 7) is 0.610. The van der Waals surface area contributed by atoms with Crippen LogP contribution in [0.25, 0.3) is 0 Å². The molecule has 2 atom stereocenters. The van der Waals surface area contributed by atoms with Gasteiger partial charge in [0.2, 0.25) is 0 Å². The Hall–Kier alpha value is -1.06. The van der Waals surface area contributed by atoms with Crippen molar-refractivity contribution in [3.05, 3.63) is 29.8 Å². The molecular formula is C11H15NO2. The average molecular weight is 193 g/mol. The first-order chi connectivity index (χ1) is 6.77. The summed E-state index contributed by atoms with van der Waals surface area (Å²) in [5.41, 5.74) is 0.930. The number of aromatic hydroxyl groups is 1. The molecular weight excluding hydrogens is 178 g/mol. The lowest BCUT2D eigenvalue weighted by Gasteiger charge is -2.27. The van der Waals surface area contributed by atoms with E-state index in [9.17, 15) is 10.2 Å². The number of rotatable bonds is 1. The van der Waals surface area contributed by atoms with Crippen molar-refractivity contribution in [3.8, 4) is 5.75 Å². The third-order valence-electron chi connectivity index (χ3n) is 2.70. The van der Waals surface area contributed by atoms with Crippen molar-refractivity contribution in [1.82, 2.24) is 5.32 Å². The molecule has 3 nitrogen and oxygen atoms in total. The van der Waals surface area contributed by atoms with Crippen LogP contribution in [-0.4, -0.2) is 22.9 Å². The molecule has 2 unspecified atom stereocenters. The van der Waals surface area contributed by atoms with Gasteiger partial charge in [0.1, 0.15) is 5.75 Å². The molecule has 0 amide bonds. The summed E-state index contributed by atoms with van der Waals surface area (Å²) in [7, 11) is 0. The number of hydrogen-bond acceptors (Lipinski definition) is 3. The third kappa shape index (κ3) is 1.89. The first-order valence-electron chi connectivity index (χ1n) is 4.96. The van der Waals surface area contributed by atoms with Crippen molar-refractivity contribution in [2.75, 3.05) is 6.54 Å². The second-order valence-electron chi connectivity index (χ2n) is 3.75. The van der Waals surface area contributed by atoms with Crippen LogP contribution in [0, 0.1) is 0 Å². The Morgan fingerprint density at radius 3 is 2.64 bits per heavy atom. The number of phenolic OH excluding ortho intramolecular Hbond substituents is 1. The lowest BCUT2D eigenvalue weighted by Crippen LogP contribution is -2.36. The topological polar surface area (TPSA) is 52.5 Å². The molecule has 1 saturated heterocycles. The Kier molecular flexibility index (Phi) is 2.70. The van der Waals surface area contributed by atoms with Crippen molar-refractivity contribution < 1.29 is 10.2 Å². The van der Waals surface area contributed by atoms with E-state index in [1.54, 1.807) is 6.07 Å². The Balaban J connectivity index is 2.12. The van der Waals surface area contributed by atoms with Crippen LogP contribution in [0.1, 0.15) is 24.4 Å². The highest BCUT2D eigenvalue weighted by Gasteiger charge is 2.21. The summed E-state index contributed by atoms with van der Waals surface area (Å²) in [5, 5.41) is 22.2. The van der Waals surface area contributed by atoms with Gasteiger partial charge in [-0.25, -0.2) is 0 Å². The molecule has 0 radical (unpaired) electrons. The van der Waals surface area contributed by atoms with Crippen LogP contribution in [0.3, 0.4) is 0 Å². The molecule has 14 heavy (non-hydrogen) atoms. The van der Waals surface area contributed by atoms with Gasteiger partial charge in [0.15, 0.2) is 0 Å². The summed E-state index contributed by atoms with van der Waals surface area (Å²) in [4.78, 5) is 0. The molecule has 3 heteroatoms. The van der Waals surface area contributed by atoms with Crippen molar-refractivity contribution in [3.63, 3.8) is 0 Å². The van der Waals surface area contributed by atoms with Crippen LogP contribution < -0.4 is 5.32 Å². The largest absolute Gasteiger partial charge is 0.508 e. The van der Waals surface area contributed by atoms with E-state index in [2.05, 4.69) is 5.32 Å². The van der Waals surface area contributed by atoms with E-state index in [-0.39, 0.29) is 12.1 Å². The van der Waals surface area contributed by atoms with E-state index in [0.717, 1.165) is 18.4 Å². The van der Waals surface area contributed by atoms with E-state index >= 15 is 0 Å². The number of aliphatic hydroxyl groups excluding tert-OH is 1. The zero-order valence-corrected chi connectivity index (χ0v) is 7.98. The molecule has 0 spiro atoms. The fourth-order valence-corrected chi connectivity index (χ4v) is 1.89. The minimum atomic E-state index is -0.239. The number of phenols is 1. The average Bonchev–Trinajstić information content (AvgIpc) is 2.20. The van der Waals surface area contributed by atoms with Crippen LogP contribution in [0.5, 0.6) is 5.75 Å². The standard InChI is InChI=1S/C11H15NO2/c13-8-5-6-10(12-7-8)9-3-1-2-4-11(9)14/h1-4,8,10,12-14H,5-7H2. The summed E-state index contributed by atoms with van der Waals surface area (Å²) in [6.07, 6.45) is 1.43. The van der Waals surface area contributed by atoms with E-state index < -0.39 is 0 Å². The molecule has 1 aliphatic rings. The Morgan fingerprint density at radius 2 is 2.00 bits per heavy atom. The fourth-order valence-electron chi connectivity index (χ4n) is 1.89. The number of aliphatic hydroxyl groups is 1. The number of para-hydroxylation sites is 1. The Morgan fingerprint density at radius 1 is 1.21 bits per heavy atom. The second-order valence-corrected chi connectivity index (χ2v) is 3.75. The number of β-amino-alcohol motifs (C(OH)–C–C–N with tert-alkyl or cyclic N) is 1. The number of benzene rings is 1. The minimum absolute atomic E-state index is 0.180. The van der Waals surface area contributed by atoms with Gasteiger partial charge >= 0.3 is 0 Å². The van der Waals surface area contributed by atoms with Gasteiger partial charge in [-0.15, -0.1) is 0 Å². The molecule has 0 saturated carbocycles. The number of nitrogens with one attached hydrogen (secondary N) is 1. The van der Waals surface area contributed by atoms with Gasteiger partial charge in [0, 0.05) is 18.2 Å². The van der Waals surface area contributed by atoms with Crippen LogP contribution in [0.4, 0.5) is 0 Å². The smallest absolute Gasteiger partial charge is 0.120 e. The maximum Gasteiger partial charge on any atom is 0.120 e. The summed E-state index contributed by atoms with van der Waals surface area (Å²) < 4.78 is 0. The molecule has 1 aromatic rings. The van der Waals surface area contributed by atoms with Gasteiger partial charge in [-0.2, -0.15) is 0 Å². The van der Waals surface area contributed by atoms with Crippen LogP contribution in [0.2, 0.25) is 0 Å². The molecule has 1 aromatic carbocycles. The predicted molar refractivity (Wildman–Crippen MR) is 54.1 cm³/mol. The Labute approximate surface area is 83.4 Å². The Bertz CT molecular complexity index is 306. The number of hydrogen-bond donors (Lipinski definition) is 3. The molecule has 0 bridgehead atoms. The van der Waals surface area contributed by atoms with Gasteiger partial charge in [0.05, 0.1) is 6.10 Å². The van der Waals surface area contributed by atoms with Crippen LogP contribution in [-0.2, 0) is 0 Å². The number of piperidine rings is 1. The predicted octanol–water partition coefficient (Wildman–Crippen LogP) is 1.18. The van der Waals surface area contributed by atoms with Gasteiger partial charge < -0.3 is 15.5 Å². The van der Waals surface area contributed by atoms with Gasteiger partial charge in [-0.3, -0.25) is 0 Å². The van der Waals surface area contributed by atoms with Gasteiger partial charge in [-0.05, 0) is 18.9 Å². The van der Waals surface area contributed by atoms with Gasteiger partial charge in [0.25, 0.3) is 0 Å². The second kappa shape index (κ2) is 3.98. The highest BCUT2D eigenvalue weighted by atomic mass is 16.3. The van der Waals surface area contributed by atoms with E-state index in [1.807, 2.05) is 18.2 Å². The van der Waals surface area contributed by atoms with Crippen molar-refractivity contribution in [2.24, 2.45) is 0 Å². The maximum atomic E-state index is 9.63. The molecule has 1 fully saturated rings. The van der Waals surface area contributed by atoms with Crippen molar-refractivity contribution in [1.29, 1.82) is 0 Å². The van der Waals surface area contributed by atoms with Crippen molar-refractivity contribution in [2.45, 2.75) is 25.0 Å². The minimum Gasteiger partial charge on any atom is -0.508 e. The lowest BCUT2D eigenvalue weighted by molar-refractivity contribution is 0.126. The van der Waals surface area contributed by atoms with Crippen LogP contribution >= 0.6 is 0 Å². The molecule has 0 aromatic heterocycles. The molecule has 0 aliphatic carbocycles. The normalized spacial score (nSPS) is 27.5. The molecule has 76 valence electrons. The van der Waals surface area contributed by atoms with Crippen LogP contribution in [0.15, 0.2) is 24.3 Å². The van der Waals surface area contributed by atoms with E-state index in [4.69, 9.17) is 0 Å². The first kappa shape index (κ1) is 9.49. The lowest BCUT2D eigenvalue weighted by atomic mass is 9.96. The quantitative estimate of drug-likeness (QED) is 0.627. The SMILES string of the molecule is Oc1ccccc1C1CCC(O)CN1. The molecule has 2 rings (SSSR count). The summed E-state index contributed by atoms with van der Waals surface area (Å²) in [6, 6.07) is 7.53.